The number of thiazole rings is 1. The maximum atomic E-state index is 4.26. The molecule has 0 aliphatic heterocycles. The van der Waals surface area contributed by atoms with Gasteiger partial charge in [-0.2, -0.15) is 0 Å². The quantitative estimate of drug-likeness (QED) is 0.894. The van der Waals surface area contributed by atoms with Crippen molar-refractivity contribution in [2.75, 3.05) is 6.54 Å². The van der Waals surface area contributed by atoms with Gasteiger partial charge in [0.15, 0.2) is 0 Å². The SMILES string of the molecule is Cc1ncsc1CNCC(C)(C)c1cccs1. The van der Waals surface area contributed by atoms with Crippen molar-refractivity contribution >= 4 is 22.7 Å². The maximum Gasteiger partial charge on any atom is 0.0798 e. The average molecular weight is 266 g/mol. The lowest BCUT2D eigenvalue weighted by atomic mass is 9.91. The van der Waals surface area contributed by atoms with Crippen molar-refractivity contribution in [3.8, 4) is 0 Å². The van der Waals surface area contributed by atoms with Gasteiger partial charge in [-0.05, 0) is 18.4 Å². The van der Waals surface area contributed by atoms with Crippen molar-refractivity contribution in [3.05, 3.63) is 38.5 Å². The molecule has 1 N–H and O–H groups in total. The molecule has 0 amide bonds. The Balaban J connectivity index is 1.88. The van der Waals surface area contributed by atoms with Crippen LogP contribution in [0.4, 0.5) is 0 Å². The predicted molar refractivity (Wildman–Crippen MR) is 75.9 cm³/mol. The Bertz CT molecular complexity index is 457. The van der Waals surface area contributed by atoms with Crippen LogP contribution in [0.5, 0.6) is 0 Å². The molecule has 0 aliphatic rings. The van der Waals surface area contributed by atoms with Crippen molar-refractivity contribution in [1.82, 2.24) is 10.3 Å². The van der Waals surface area contributed by atoms with Gasteiger partial charge in [-0.1, -0.05) is 19.9 Å². The van der Waals surface area contributed by atoms with Gasteiger partial charge in [-0.15, -0.1) is 22.7 Å². The number of hydrogen-bond acceptors (Lipinski definition) is 4. The Kier molecular flexibility index (Phi) is 3.97. The summed E-state index contributed by atoms with van der Waals surface area (Å²) in [6, 6.07) is 4.33. The normalized spacial score (nSPS) is 11.9. The summed E-state index contributed by atoms with van der Waals surface area (Å²) in [4.78, 5) is 7.04. The van der Waals surface area contributed by atoms with Crippen LogP contribution in [0.1, 0.15) is 29.3 Å². The topological polar surface area (TPSA) is 24.9 Å². The second-order valence-electron chi connectivity index (χ2n) is 4.83. The molecule has 0 unspecified atom stereocenters. The van der Waals surface area contributed by atoms with Crippen LogP contribution in [-0.4, -0.2) is 11.5 Å². The lowest BCUT2D eigenvalue weighted by molar-refractivity contribution is 0.477. The van der Waals surface area contributed by atoms with E-state index >= 15 is 0 Å². The first-order valence-corrected chi connectivity index (χ1v) is 7.49. The van der Waals surface area contributed by atoms with Crippen LogP contribution < -0.4 is 5.32 Å². The van der Waals surface area contributed by atoms with E-state index in [4.69, 9.17) is 0 Å². The number of hydrogen-bond donors (Lipinski definition) is 1. The van der Waals surface area contributed by atoms with Gasteiger partial charge in [-0.25, -0.2) is 4.98 Å². The number of aryl methyl sites for hydroxylation is 1. The van der Waals surface area contributed by atoms with Crippen LogP contribution in [0.2, 0.25) is 0 Å². The van der Waals surface area contributed by atoms with E-state index in [0.717, 1.165) is 18.8 Å². The highest BCUT2D eigenvalue weighted by molar-refractivity contribution is 7.10. The van der Waals surface area contributed by atoms with E-state index < -0.39 is 0 Å². The van der Waals surface area contributed by atoms with Gasteiger partial charge >= 0.3 is 0 Å². The largest absolute Gasteiger partial charge is 0.311 e. The average Bonchev–Trinajstić information content (AvgIpc) is 2.90. The molecule has 2 aromatic heterocycles. The molecule has 0 saturated heterocycles. The summed E-state index contributed by atoms with van der Waals surface area (Å²) >= 11 is 3.56. The summed E-state index contributed by atoms with van der Waals surface area (Å²) in [5.74, 6) is 0. The van der Waals surface area contributed by atoms with Crippen molar-refractivity contribution in [2.24, 2.45) is 0 Å². The summed E-state index contributed by atoms with van der Waals surface area (Å²) in [6.45, 7) is 8.55. The highest BCUT2D eigenvalue weighted by Crippen LogP contribution is 2.26. The summed E-state index contributed by atoms with van der Waals surface area (Å²) < 4.78 is 0. The smallest absolute Gasteiger partial charge is 0.0798 e. The molecule has 0 spiro atoms. The van der Waals surface area contributed by atoms with Gasteiger partial charge in [0.1, 0.15) is 0 Å². The van der Waals surface area contributed by atoms with Crippen molar-refractivity contribution in [3.63, 3.8) is 0 Å². The van der Waals surface area contributed by atoms with Gasteiger partial charge in [0.05, 0.1) is 11.2 Å². The molecule has 17 heavy (non-hydrogen) atoms. The molecule has 0 aliphatic carbocycles. The minimum Gasteiger partial charge on any atom is -0.311 e. The molecule has 92 valence electrons. The third-order valence-corrected chi connectivity index (χ3v) is 5.06. The minimum absolute atomic E-state index is 0.201. The standard InChI is InChI=1S/C13H18N2S2/c1-10-11(17-9-15-10)7-14-8-13(2,3)12-5-4-6-16-12/h4-6,9,14H,7-8H2,1-3H3. The summed E-state index contributed by atoms with van der Waals surface area (Å²) in [5.41, 5.74) is 3.26. The predicted octanol–water partition coefficient (Wildman–Crippen LogP) is 3.58. The lowest BCUT2D eigenvalue weighted by Gasteiger charge is -2.23. The molecule has 2 rings (SSSR count). The van der Waals surface area contributed by atoms with Gasteiger partial charge < -0.3 is 5.32 Å². The van der Waals surface area contributed by atoms with E-state index in [1.54, 1.807) is 11.3 Å². The van der Waals surface area contributed by atoms with Gasteiger partial charge in [0.2, 0.25) is 0 Å². The molecular formula is C13H18N2S2. The Labute approximate surface area is 111 Å². The second kappa shape index (κ2) is 5.29. The lowest BCUT2D eigenvalue weighted by Crippen LogP contribution is -2.31. The monoisotopic (exact) mass is 266 g/mol. The molecule has 0 aromatic carbocycles. The number of thiophene rings is 1. The van der Waals surface area contributed by atoms with Gasteiger partial charge in [0, 0.05) is 28.3 Å². The summed E-state index contributed by atoms with van der Waals surface area (Å²) in [6.07, 6.45) is 0. The second-order valence-corrected chi connectivity index (χ2v) is 6.71. The third-order valence-electron chi connectivity index (χ3n) is 2.89. The fourth-order valence-corrected chi connectivity index (χ4v) is 3.33. The minimum atomic E-state index is 0.201. The fourth-order valence-electron chi connectivity index (χ4n) is 1.74. The Morgan fingerprint density at radius 1 is 1.35 bits per heavy atom. The first-order chi connectivity index (χ1) is 8.09. The number of nitrogens with one attached hydrogen (secondary N) is 1. The van der Waals surface area contributed by atoms with E-state index in [-0.39, 0.29) is 5.41 Å². The van der Waals surface area contributed by atoms with Crippen molar-refractivity contribution in [1.29, 1.82) is 0 Å². The number of rotatable bonds is 5. The van der Waals surface area contributed by atoms with Gasteiger partial charge in [-0.3, -0.25) is 0 Å². The van der Waals surface area contributed by atoms with Crippen LogP contribution in [0.15, 0.2) is 23.0 Å². The van der Waals surface area contributed by atoms with Crippen LogP contribution in [0.25, 0.3) is 0 Å². The number of aromatic nitrogens is 1. The van der Waals surface area contributed by atoms with Crippen LogP contribution >= 0.6 is 22.7 Å². The molecule has 4 heteroatoms. The Morgan fingerprint density at radius 2 is 2.18 bits per heavy atom. The van der Waals surface area contributed by atoms with E-state index in [1.807, 2.05) is 16.8 Å². The molecule has 2 aromatic rings. The number of nitrogens with zero attached hydrogens (tertiary/aromatic N) is 1. The van der Waals surface area contributed by atoms with Crippen LogP contribution in [0, 0.1) is 6.92 Å². The van der Waals surface area contributed by atoms with E-state index in [2.05, 4.69) is 48.6 Å². The fraction of sp³-hybridized carbons (Fsp3) is 0.462. The molecule has 0 bridgehead atoms. The van der Waals surface area contributed by atoms with Crippen molar-refractivity contribution in [2.45, 2.75) is 32.7 Å². The molecular weight excluding hydrogens is 248 g/mol. The van der Waals surface area contributed by atoms with Gasteiger partial charge in [0.25, 0.3) is 0 Å². The third kappa shape index (κ3) is 3.15. The molecule has 0 atom stereocenters. The summed E-state index contributed by atoms with van der Waals surface area (Å²) in [7, 11) is 0. The maximum absolute atomic E-state index is 4.26. The van der Waals surface area contributed by atoms with Crippen LogP contribution in [0.3, 0.4) is 0 Å². The molecule has 2 nitrogen and oxygen atoms in total. The van der Waals surface area contributed by atoms with E-state index in [9.17, 15) is 0 Å². The molecule has 0 saturated carbocycles. The summed E-state index contributed by atoms with van der Waals surface area (Å²) in [5, 5.41) is 5.68. The zero-order valence-corrected chi connectivity index (χ0v) is 12.1. The van der Waals surface area contributed by atoms with Crippen molar-refractivity contribution < 1.29 is 0 Å². The van der Waals surface area contributed by atoms with E-state index in [1.165, 1.54) is 9.75 Å². The highest BCUT2D eigenvalue weighted by Gasteiger charge is 2.21. The Hall–Kier alpha value is -0.710. The molecule has 0 fully saturated rings. The highest BCUT2D eigenvalue weighted by atomic mass is 32.1. The molecule has 2 heterocycles. The Morgan fingerprint density at radius 3 is 2.76 bits per heavy atom. The molecule has 0 radical (unpaired) electrons. The zero-order valence-electron chi connectivity index (χ0n) is 10.5. The zero-order chi connectivity index (χ0) is 12.3. The van der Waals surface area contributed by atoms with E-state index in [0.29, 0.717) is 0 Å². The first kappa shape index (κ1) is 12.7. The van der Waals surface area contributed by atoms with Crippen LogP contribution in [-0.2, 0) is 12.0 Å². The first-order valence-electron chi connectivity index (χ1n) is 5.73.